The molecule has 1 aliphatic heterocycles. The largest absolute Gasteiger partial charge is 0.416 e. The van der Waals surface area contributed by atoms with Crippen LogP contribution in [-0.4, -0.2) is 35.4 Å². The van der Waals surface area contributed by atoms with Crippen molar-refractivity contribution in [2.75, 3.05) is 25.0 Å². The van der Waals surface area contributed by atoms with E-state index in [4.69, 9.17) is 0 Å². The summed E-state index contributed by atoms with van der Waals surface area (Å²) in [7, 11) is 0. The zero-order valence-electron chi connectivity index (χ0n) is 13.8. The number of hydrogen-bond donors (Lipinski definition) is 1. The molecule has 0 radical (unpaired) electrons. The van der Waals surface area contributed by atoms with Gasteiger partial charge in [-0.3, -0.25) is 14.9 Å². The van der Waals surface area contributed by atoms with Gasteiger partial charge in [0, 0.05) is 32.1 Å². The van der Waals surface area contributed by atoms with Crippen molar-refractivity contribution in [2.45, 2.75) is 32.4 Å². The lowest BCUT2D eigenvalue weighted by Crippen LogP contribution is -2.38. The quantitative estimate of drug-likeness (QED) is 0.643. The number of alkyl halides is 3. The van der Waals surface area contributed by atoms with Crippen LogP contribution < -0.4 is 5.32 Å². The Balaban J connectivity index is 1.96. The molecule has 0 spiro atoms. The van der Waals surface area contributed by atoms with Crippen LogP contribution in [0, 0.1) is 16.0 Å². The van der Waals surface area contributed by atoms with Gasteiger partial charge in [-0.15, -0.1) is 0 Å². The maximum absolute atomic E-state index is 12.7. The summed E-state index contributed by atoms with van der Waals surface area (Å²) in [6.45, 7) is 3.64. The molecular formula is C16H20F3N3O3. The monoisotopic (exact) mass is 359 g/mol. The van der Waals surface area contributed by atoms with Crippen molar-refractivity contribution >= 4 is 17.3 Å². The van der Waals surface area contributed by atoms with Crippen molar-refractivity contribution in [1.82, 2.24) is 4.90 Å². The third kappa shape index (κ3) is 5.07. The Hall–Kier alpha value is -2.32. The van der Waals surface area contributed by atoms with Gasteiger partial charge < -0.3 is 10.2 Å². The molecule has 1 N–H and O–H groups in total. The Bertz CT molecular complexity index is 641. The molecule has 0 aliphatic carbocycles. The molecule has 6 nitrogen and oxygen atoms in total. The summed E-state index contributed by atoms with van der Waals surface area (Å²) < 4.78 is 38.0. The number of amides is 1. The van der Waals surface area contributed by atoms with Crippen molar-refractivity contribution in [3.8, 4) is 0 Å². The Kier molecular flexibility index (Phi) is 5.86. The number of anilines is 1. The van der Waals surface area contributed by atoms with Gasteiger partial charge in [-0.2, -0.15) is 13.2 Å². The summed E-state index contributed by atoms with van der Waals surface area (Å²) in [5.41, 5.74) is -1.77. The number of likely N-dealkylation sites (tertiary alicyclic amines) is 1. The molecule has 1 saturated heterocycles. The second kappa shape index (κ2) is 7.71. The lowest BCUT2D eigenvalue weighted by Gasteiger charge is -2.30. The summed E-state index contributed by atoms with van der Waals surface area (Å²) in [4.78, 5) is 24.0. The Morgan fingerprint density at radius 1 is 1.36 bits per heavy atom. The van der Waals surface area contributed by atoms with Gasteiger partial charge in [0.15, 0.2) is 0 Å². The van der Waals surface area contributed by atoms with E-state index in [1.807, 2.05) is 0 Å². The number of nitro benzene ring substituents is 1. The molecule has 0 unspecified atom stereocenters. The van der Waals surface area contributed by atoms with Crippen LogP contribution in [0.4, 0.5) is 24.5 Å². The van der Waals surface area contributed by atoms with Gasteiger partial charge in [-0.05, 0) is 30.9 Å². The Labute approximate surface area is 143 Å². The number of nitrogens with one attached hydrogen (secondary N) is 1. The van der Waals surface area contributed by atoms with E-state index >= 15 is 0 Å². The van der Waals surface area contributed by atoms with E-state index in [9.17, 15) is 28.1 Å². The molecule has 25 heavy (non-hydrogen) atoms. The normalized spacial score (nSPS) is 15.9. The highest BCUT2D eigenvalue weighted by Crippen LogP contribution is 2.34. The number of carbonyl (C=O) groups excluding carboxylic acids is 1. The van der Waals surface area contributed by atoms with E-state index in [2.05, 4.69) is 12.2 Å². The van der Waals surface area contributed by atoms with Gasteiger partial charge in [-0.25, -0.2) is 0 Å². The van der Waals surface area contributed by atoms with Crippen LogP contribution >= 0.6 is 0 Å². The lowest BCUT2D eigenvalue weighted by atomic mass is 9.99. The van der Waals surface area contributed by atoms with Crippen LogP contribution in [0.1, 0.15) is 31.7 Å². The lowest BCUT2D eigenvalue weighted by molar-refractivity contribution is -0.384. The molecular weight excluding hydrogens is 339 g/mol. The number of halogens is 3. The molecule has 1 amide bonds. The summed E-state index contributed by atoms with van der Waals surface area (Å²) in [6, 6.07) is 2.30. The average molecular weight is 359 g/mol. The second-order valence-electron chi connectivity index (χ2n) is 6.23. The number of rotatable bonds is 5. The molecule has 0 aromatic heterocycles. The van der Waals surface area contributed by atoms with Gasteiger partial charge in [0.2, 0.25) is 5.91 Å². The molecule has 1 aliphatic rings. The fourth-order valence-corrected chi connectivity index (χ4v) is 2.73. The van der Waals surface area contributed by atoms with Crippen LogP contribution in [0.15, 0.2) is 18.2 Å². The number of nitrogens with zero attached hydrogens (tertiary/aromatic N) is 2. The molecule has 0 saturated carbocycles. The summed E-state index contributed by atoms with van der Waals surface area (Å²) in [5, 5.41) is 13.7. The van der Waals surface area contributed by atoms with Gasteiger partial charge in [0.05, 0.1) is 10.5 Å². The number of nitro groups is 1. The highest BCUT2D eigenvalue weighted by molar-refractivity contribution is 5.77. The molecule has 0 atom stereocenters. The number of piperidine rings is 1. The molecule has 1 aromatic carbocycles. The third-order valence-electron chi connectivity index (χ3n) is 4.31. The smallest absolute Gasteiger partial charge is 0.379 e. The predicted octanol–water partition coefficient (Wildman–Crippen LogP) is 3.67. The summed E-state index contributed by atoms with van der Waals surface area (Å²) >= 11 is 0. The molecule has 1 fully saturated rings. The first kappa shape index (κ1) is 19.0. The first-order chi connectivity index (χ1) is 11.7. The van der Waals surface area contributed by atoms with Crippen LogP contribution in [-0.2, 0) is 11.0 Å². The van der Waals surface area contributed by atoms with E-state index < -0.39 is 22.4 Å². The van der Waals surface area contributed by atoms with E-state index in [1.165, 1.54) is 0 Å². The molecule has 138 valence electrons. The van der Waals surface area contributed by atoms with E-state index in [1.54, 1.807) is 4.90 Å². The van der Waals surface area contributed by atoms with Crippen molar-refractivity contribution < 1.29 is 22.9 Å². The SMILES string of the molecule is CC1CCN(C(=O)CCNc2ccc(C(F)(F)F)cc2[N+](=O)[O-])CC1. The van der Waals surface area contributed by atoms with Crippen molar-refractivity contribution in [3.05, 3.63) is 33.9 Å². The molecule has 1 heterocycles. The van der Waals surface area contributed by atoms with Crippen LogP contribution in [0.2, 0.25) is 0 Å². The van der Waals surface area contributed by atoms with Gasteiger partial charge in [0.25, 0.3) is 5.69 Å². The fraction of sp³-hybridized carbons (Fsp3) is 0.562. The van der Waals surface area contributed by atoms with E-state index in [-0.39, 0.29) is 24.6 Å². The Morgan fingerprint density at radius 3 is 2.56 bits per heavy atom. The summed E-state index contributed by atoms with van der Waals surface area (Å²) in [6.07, 6.45) is -2.62. The van der Waals surface area contributed by atoms with Crippen LogP contribution in [0.5, 0.6) is 0 Å². The minimum atomic E-state index is -4.65. The first-order valence-electron chi connectivity index (χ1n) is 8.05. The molecule has 9 heteroatoms. The van der Waals surface area contributed by atoms with E-state index in [0.717, 1.165) is 25.0 Å². The van der Waals surface area contributed by atoms with Crippen molar-refractivity contribution in [1.29, 1.82) is 0 Å². The van der Waals surface area contributed by atoms with Crippen LogP contribution in [0.3, 0.4) is 0 Å². The van der Waals surface area contributed by atoms with Crippen molar-refractivity contribution in [3.63, 3.8) is 0 Å². The number of hydrogen-bond acceptors (Lipinski definition) is 4. The van der Waals surface area contributed by atoms with Gasteiger partial charge in [-0.1, -0.05) is 6.92 Å². The zero-order valence-corrected chi connectivity index (χ0v) is 13.8. The predicted molar refractivity (Wildman–Crippen MR) is 86.2 cm³/mol. The standard InChI is InChI=1S/C16H20F3N3O3/c1-11-5-8-21(9-6-11)15(23)4-7-20-13-3-2-12(16(17,18)19)10-14(13)22(24)25/h2-3,10-11,20H,4-9H2,1H3. The maximum atomic E-state index is 12.7. The number of carbonyl (C=O) groups is 1. The molecule has 0 bridgehead atoms. The molecule has 1 aromatic rings. The second-order valence-corrected chi connectivity index (χ2v) is 6.23. The fourth-order valence-electron chi connectivity index (χ4n) is 2.73. The summed E-state index contributed by atoms with van der Waals surface area (Å²) in [5.74, 6) is 0.533. The number of benzene rings is 1. The van der Waals surface area contributed by atoms with Gasteiger partial charge >= 0.3 is 6.18 Å². The third-order valence-corrected chi connectivity index (χ3v) is 4.31. The van der Waals surface area contributed by atoms with Crippen molar-refractivity contribution in [2.24, 2.45) is 5.92 Å². The van der Waals surface area contributed by atoms with Crippen LogP contribution in [0.25, 0.3) is 0 Å². The van der Waals surface area contributed by atoms with E-state index in [0.29, 0.717) is 25.1 Å². The maximum Gasteiger partial charge on any atom is 0.416 e. The topological polar surface area (TPSA) is 75.5 Å². The Morgan fingerprint density at radius 2 is 2.00 bits per heavy atom. The minimum Gasteiger partial charge on any atom is -0.379 e. The zero-order chi connectivity index (χ0) is 18.6. The average Bonchev–Trinajstić information content (AvgIpc) is 2.54. The highest BCUT2D eigenvalue weighted by Gasteiger charge is 2.33. The molecule has 2 rings (SSSR count). The van der Waals surface area contributed by atoms with Gasteiger partial charge in [0.1, 0.15) is 5.69 Å². The highest BCUT2D eigenvalue weighted by atomic mass is 19.4. The minimum absolute atomic E-state index is 0.0296. The first-order valence-corrected chi connectivity index (χ1v) is 8.05.